The predicted octanol–water partition coefficient (Wildman–Crippen LogP) is 2.67. The summed E-state index contributed by atoms with van der Waals surface area (Å²) in [5, 5.41) is 9.16. The Morgan fingerprint density at radius 3 is 2.86 bits per heavy atom. The third-order valence-corrected chi connectivity index (χ3v) is 5.24. The molecule has 0 spiro atoms. The Kier molecular flexibility index (Phi) is 4.20. The molecule has 0 unspecified atom stereocenters. The van der Waals surface area contributed by atoms with Crippen LogP contribution in [-0.4, -0.2) is 47.7 Å². The largest absolute Gasteiger partial charge is 0.381 e. The van der Waals surface area contributed by atoms with Crippen molar-refractivity contribution in [3.05, 3.63) is 53.6 Å². The van der Waals surface area contributed by atoms with Gasteiger partial charge < -0.3 is 9.72 Å². The molecule has 1 aromatic carbocycles. The molecular formula is C20H23N7O. The first-order valence-corrected chi connectivity index (χ1v) is 9.63. The van der Waals surface area contributed by atoms with Gasteiger partial charge in [-0.3, -0.25) is 4.68 Å². The lowest BCUT2D eigenvalue weighted by molar-refractivity contribution is 0.0836. The van der Waals surface area contributed by atoms with Crippen molar-refractivity contribution >= 4 is 11.0 Å². The van der Waals surface area contributed by atoms with E-state index in [0.717, 1.165) is 60.2 Å². The maximum atomic E-state index is 5.50. The summed E-state index contributed by atoms with van der Waals surface area (Å²) < 4.78 is 9.22. The number of imidazole rings is 1. The smallest absolute Gasteiger partial charge is 0.154 e. The Bertz CT molecular complexity index is 1120. The van der Waals surface area contributed by atoms with Crippen molar-refractivity contribution in [2.45, 2.75) is 32.1 Å². The minimum atomic E-state index is 0.350. The van der Waals surface area contributed by atoms with E-state index < -0.39 is 0 Å². The molecular weight excluding hydrogens is 354 g/mol. The Labute approximate surface area is 162 Å². The molecule has 3 aromatic heterocycles. The molecule has 5 rings (SSSR count). The maximum Gasteiger partial charge on any atom is 0.154 e. The molecule has 0 radical (unpaired) electrons. The van der Waals surface area contributed by atoms with Crippen LogP contribution in [0.4, 0.5) is 0 Å². The Morgan fingerprint density at radius 1 is 1.21 bits per heavy atom. The molecule has 1 aliphatic rings. The van der Waals surface area contributed by atoms with Crippen molar-refractivity contribution in [2.24, 2.45) is 7.05 Å². The Morgan fingerprint density at radius 2 is 2.07 bits per heavy atom. The van der Waals surface area contributed by atoms with Crippen LogP contribution in [0.25, 0.3) is 16.7 Å². The SMILES string of the molecule is Cc1nc2ccc(Cc3nc(C4CCOCC4)nn3-c3cnn(C)c3)cc2[nH]1. The van der Waals surface area contributed by atoms with Gasteiger partial charge in [-0.15, -0.1) is 0 Å². The normalized spacial score (nSPS) is 15.5. The van der Waals surface area contributed by atoms with Gasteiger partial charge >= 0.3 is 0 Å². The molecule has 0 saturated carbocycles. The lowest BCUT2D eigenvalue weighted by atomic mass is 10.00. The molecule has 1 aliphatic heterocycles. The van der Waals surface area contributed by atoms with Crippen molar-refractivity contribution in [3.8, 4) is 5.69 Å². The second-order valence-corrected chi connectivity index (χ2v) is 7.41. The van der Waals surface area contributed by atoms with Crippen molar-refractivity contribution < 1.29 is 4.74 Å². The van der Waals surface area contributed by atoms with Crippen LogP contribution in [0.5, 0.6) is 0 Å². The minimum Gasteiger partial charge on any atom is -0.381 e. The van der Waals surface area contributed by atoms with Crippen LogP contribution in [0, 0.1) is 6.92 Å². The fraction of sp³-hybridized carbons (Fsp3) is 0.400. The summed E-state index contributed by atoms with van der Waals surface area (Å²) in [7, 11) is 1.91. The summed E-state index contributed by atoms with van der Waals surface area (Å²) in [5.41, 5.74) is 4.14. The molecule has 0 amide bonds. The van der Waals surface area contributed by atoms with Crippen molar-refractivity contribution in [3.63, 3.8) is 0 Å². The average Bonchev–Trinajstić information content (AvgIpc) is 3.40. The first kappa shape index (κ1) is 17.1. The standard InChI is InChI=1S/C20H23N7O/c1-13-22-17-4-3-14(9-18(17)23-13)10-19-24-20(15-5-7-28-8-6-15)25-27(19)16-11-21-26(2)12-16/h3-4,9,11-12,15H,5-8,10H2,1-2H3,(H,22,23). The second kappa shape index (κ2) is 6.87. The highest BCUT2D eigenvalue weighted by Gasteiger charge is 2.23. The van der Waals surface area contributed by atoms with Crippen LogP contribution < -0.4 is 0 Å². The van der Waals surface area contributed by atoms with Crippen LogP contribution in [-0.2, 0) is 18.2 Å². The zero-order valence-electron chi connectivity index (χ0n) is 16.1. The third-order valence-electron chi connectivity index (χ3n) is 5.24. The molecule has 0 aliphatic carbocycles. The zero-order chi connectivity index (χ0) is 19.1. The molecule has 1 fully saturated rings. The van der Waals surface area contributed by atoms with Crippen LogP contribution in [0.3, 0.4) is 0 Å². The molecule has 0 bridgehead atoms. The highest BCUT2D eigenvalue weighted by Crippen LogP contribution is 2.26. The summed E-state index contributed by atoms with van der Waals surface area (Å²) in [6, 6.07) is 6.31. The van der Waals surface area contributed by atoms with E-state index in [0.29, 0.717) is 12.3 Å². The number of ether oxygens (including phenoxy) is 1. The van der Waals surface area contributed by atoms with Gasteiger partial charge in [-0.2, -0.15) is 10.2 Å². The second-order valence-electron chi connectivity index (χ2n) is 7.41. The molecule has 8 nitrogen and oxygen atoms in total. The number of benzene rings is 1. The average molecular weight is 377 g/mol. The van der Waals surface area contributed by atoms with Gasteiger partial charge in [0.2, 0.25) is 0 Å². The lowest BCUT2D eigenvalue weighted by Gasteiger charge is -2.18. The number of hydrogen-bond acceptors (Lipinski definition) is 5. The van der Waals surface area contributed by atoms with Crippen molar-refractivity contribution in [1.82, 2.24) is 34.5 Å². The van der Waals surface area contributed by atoms with Gasteiger partial charge in [0.1, 0.15) is 17.3 Å². The number of H-pyrrole nitrogens is 1. The highest BCUT2D eigenvalue weighted by molar-refractivity contribution is 5.75. The maximum absolute atomic E-state index is 5.50. The van der Waals surface area contributed by atoms with Gasteiger partial charge in [0.05, 0.1) is 23.4 Å². The molecule has 8 heteroatoms. The van der Waals surface area contributed by atoms with Crippen LogP contribution in [0.2, 0.25) is 0 Å². The first-order chi connectivity index (χ1) is 13.7. The van der Waals surface area contributed by atoms with E-state index in [1.807, 2.05) is 31.0 Å². The highest BCUT2D eigenvalue weighted by atomic mass is 16.5. The van der Waals surface area contributed by atoms with E-state index in [-0.39, 0.29) is 0 Å². The fourth-order valence-corrected chi connectivity index (χ4v) is 3.81. The minimum absolute atomic E-state index is 0.350. The predicted molar refractivity (Wildman–Crippen MR) is 105 cm³/mol. The van der Waals surface area contributed by atoms with Gasteiger partial charge in [0.15, 0.2) is 5.82 Å². The Hall–Kier alpha value is -3.00. The van der Waals surface area contributed by atoms with Gasteiger partial charge in [0, 0.05) is 32.6 Å². The number of fused-ring (bicyclic) bond motifs is 1. The fourth-order valence-electron chi connectivity index (χ4n) is 3.81. The van der Waals surface area contributed by atoms with Crippen LogP contribution >= 0.6 is 0 Å². The summed E-state index contributed by atoms with van der Waals surface area (Å²) >= 11 is 0. The topological polar surface area (TPSA) is 86.4 Å². The Balaban J connectivity index is 1.52. The molecule has 4 heterocycles. The third kappa shape index (κ3) is 3.20. The van der Waals surface area contributed by atoms with E-state index in [1.54, 1.807) is 4.68 Å². The number of nitrogens with zero attached hydrogens (tertiary/aromatic N) is 6. The van der Waals surface area contributed by atoms with Gasteiger partial charge in [-0.1, -0.05) is 6.07 Å². The number of hydrogen-bond donors (Lipinski definition) is 1. The summed E-state index contributed by atoms with van der Waals surface area (Å²) in [6.07, 6.45) is 6.42. The van der Waals surface area contributed by atoms with Gasteiger partial charge in [-0.05, 0) is 37.5 Å². The number of aromatic nitrogens is 7. The summed E-state index contributed by atoms with van der Waals surface area (Å²) in [6.45, 7) is 3.52. The van der Waals surface area contributed by atoms with E-state index in [2.05, 4.69) is 33.3 Å². The molecule has 28 heavy (non-hydrogen) atoms. The van der Waals surface area contributed by atoms with E-state index in [4.69, 9.17) is 14.8 Å². The number of aromatic amines is 1. The number of nitrogens with one attached hydrogen (secondary N) is 1. The van der Waals surface area contributed by atoms with Crippen molar-refractivity contribution in [2.75, 3.05) is 13.2 Å². The molecule has 144 valence electrons. The molecule has 1 N–H and O–H groups in total. The summed E-state index contributed by atoms with van der Waals surface area (Å²) in [5.74, 6) is 3.10. The molecule has 0 atom stereocenters. The quantitative estimate of drug-likeness (QED) is 0.591. The van der Waals surface area contributed by atoms with Gasteiger partial charge in [-0.25, -0.2) is 14.6 Å². The van der Waals surface area contributed by atoms with Crippen LogP contribution in [0.15, 0.2) is 30.6 Å². The number of aryl methyl sites for hydroxylation is 2. The lowest BCUT2D eigenvalue weighted by Crippen LogP contribution is -2.15. The van der Waals surface area contributed by atoms with Crippen LogP contribution in [0.1, 0.15) is 41.8 Å². The van der Waals surface area contributed by atoms with Gasteiger partial charge in [0.25, 0.3) is 0 Å². The number of rotatable bonds is 4. The van der Waals surface area contributed by atoms with E-state index in [9.17, 15) is 0 Å². The summed E-state index contributed by atoms with van der Waals surface area (Å²) in [4.78, 5) is 12.7. The molecule has 4 aromatic rings. The zero-order valence-corrected chi connectivity index (χ0v) is 16.1. The first-order valence-electron chi connectivity index (χ1n) is 9.63. The molecule has 1 saturated heterocycles. The van der Waals surface area contributed by atoms with Crippen molar-refractivity contribution in [1.29, 1.82) is 0 Å². The van der Waals surface area contributed by atoms with E-state index in [1.165, 1.54) is 5.56 Å². The monoisotopic (exact) mass is 377 g/mol. The van der Waals surface area contributed by atoms with E-state index >= 15 is 0 Å².